The molecule has 18 heavy (non-hydrogen) atoms. The second kappa shape index (κ2) is 4.35. The molecule has 0 spiro atoms. The first-order valence-corrected chi connectivity index (χ1v) is 7.22. The Bertz CT molecular complexity index is 606. The Morgan fingerprint density at radius 3 is 2.44 bits per heavy atom. The highest BCUT2D eigenvalue weighted by Crippen LogP contribution is 2.33. The number of carbonyl (C=O) groups excluding carboxylic acids is 1. The van der Waals surface area contributed by atoms with E-state index in [4.69, 9.17) is 5.73 Å². The van der Waals surface area contributed by atoms with Crippen molar-refractivity contribution >= 4 is 15.7 Å². The first-order valence-electron chi connectivity index (χ1n) is 5.68. The molecule has 0 aromatic heterocycles. The normalized spacial score (nSPS) is 16.3. The van der Waals surface area contributed by atoms with E-state index in [2.05, 4.69) is 0 Å². The fraction of sp³-hybridized carbons (Fsp3) is 0.417. The standard InChI is InChI=1S/C12H14FNO3S/c1-7-5-9(12(14)15)11(13)10(6-7)18(16,17)8-3-2-4-8/h5-6,8H,2-4H2,1H3,(H2,14,15). The Morgan fingerprint density at radius 2 is 2.00 bits per heavy atom. The third-order valence-corrected chi connectivity index (χ3v) is 5.51. The third kappa shape index (κ3) is 2.01. The van der Waals surface area contributed by atoms with E-state index in [9.17, 15) is 17.6 Å². The summed E-state index contributed by atoms with van der Waals surface area (Å²) in [4.78, 5) is 10.7. The molecule has 1 aromatic rings. The first-order chi connectivity index (χ1) is 8.34. The molecular formula is C12H14FNO3S. The summed E-state index contributed by atoms with van der Waals surface area (Å²) >= 11 is 0. The van der Waals surface area contributed by atoms with E-state index >= 15 is 0 Å². The second-order valence-electron chi connectivity index (χ2n) is 4.59. The average molecular weight is 271 g/mol. The van der Waals surface area contributed by atoms with Crippen LogP contribution in [-0.4, -0.2) is 19.6 Å². The van der Waals surface area contributed by atoms with Gasteiger partial charge in [0.15, 0.2) is 15.7 Å². The minimum Gasteiger partial charge on any atom is -0.366 e. The number of nitrogens with two attached hydrogens (primary N) is 1. The SMILES string of the molecule is Cc1cc(C(N)=O)c(F)c(S(=O)(=O)C2CCC2)c1. The Kier molecular flexibility index (Phi) is 3.14. The predicted octanol–water partition coefficient (Wildman–Crippen LogP) is 1.56. The first kappa shape index (κ1) is 13.0. The van der Waals surface area contributed by atoms with Gasteiger partial charge < -0.3 is 5.73 Å². The highest BCUT2D eigenvalue weighted by atomic mass is 32.2. The maximum Gasteiger partial charge on any atom is 0.251 e. The van der Waals surface area contributed by atoms with Gasteiger partial charge in [-0.05, 0) is 37.5 Å². The molecule has 2 N–H and O–H groups in total. The van der Waals surface area contributed by atoms with Gasteiger partial charge in [0.25, 0.3) is 5.91 Å². The van der Waals surface area contributed by atoms with Gasteiger partial charge in [0, 0.05) is 0 Å². The van der Waals surface area contributed by atoms with Crippen LogP contribution >= 0.6 is 0 Å². The number of benzene rings is 1. The van der Waals surface area contributed by atoms with Gasteiger partial charge in [-0.1, -0.05) is 6.42 Å². The van der Waals surface area contributed by atoms with Crippen molar-refractivity contribution in [3.05, 3.63) is 29.1 Å². The van der Waals surface area contributed by atoms with Crippen LogP contribution in [0.2, 0.25) is 0 Å². The zero-order valence-electron chi connectivity index (χ0n) is 9.94. The lowest BCUT2D eigenvalue weighted by Crippen LogP contribution is -2.29. The number of halogens is 1. The van der Waals surface area contributed by atoms with Crippen molar-refractivity contribution in [2.75, 3.05) is 0 Å². The quantitative estimate of drug-likeness (QED) is 0.906. The molecule has 0 radical (unpaired) electrons. The van der Waals surface area contributed by atoms with Crippen LogP contribution in [0, 0.1) is 12.7 Å². The Morgan fingerprint density at radius 1 is 1.39 bits per heavy atom. The number of primary amides is 1. The minimum atomic E-state index is -3.69. The fourth-order valence-electron chi connectivity index (χ4n) is 1.98. The summed E-state index contributed by atoms with van der Waals surface area (Å²) in [5.74, 6) is -1.98. The van der Waals surface area contributed by atoms with E-state index in [1.807, 2.05) is 0 Å². The van der Waals surface area contributed by atoms with E-state index in [1.165, 1.54) is 12.1 Å². The zero-order chi connectivity index (χ0) is 13.5. The third-order valence-electron chi connectivity index (χ3n) is 3.25. The molecule has 0 bridgehead atoms. The summed E-state index contributed by atoms with van der Waals surface area (Å²) in [6, 6.07) is 2.52. The van der Waals surface area contributed by atoms with Gasteiger partial charge in [0.2, 0.25) is 0 Å². The highest BCUT2D eigenvalue weighted by molar-refractivity contribution is 7.92. The van der Waals surface area contributed by atoms with Crippen LogP contribution in [0.5, 0.6) is 0 Å². The molecule has 0 unspecified atom stereocenters. The summed E-state index contributed by atoms with van der Waals surface area (Å²) in [5.41, 5.74) is 5.18. The average Bonchev–Trinajstić information content (AvgIpc) is 2.17. The minimum absolute atomic E-state index is 0.368. The zero-order valence-corrected chi connectivity index (χ0v) is 10.8. The van der Waals surface area contributed by atoms with Gasteiger partial charge in [0.1, 0.15) is 4.90 Å². The molecule has 1 aliphatic carbocycles. The Hall–Kier alpha value is -1.43. The highest BCUT2D eigenvalue weighted by Gasteiger charge is 2.35. The van der Waals surface area contributed by atoms with Crippen LogP contribution in [0.15, 0.2) is 17.0 Å². The Labute approximate surface area is 105 Å². The maximum atomic E-state index is 14.0. The van der Waals surface area contributed by atoms with Crippen molar-refractivity contribution in [3.8, 4) is 0 Å². The van der Waals surface area contributed by atoms with Crippen molar-refractivity contribution in [1.29, 1.82) is 0 Å². The number of amides is 1. The molecule has 1 fully saturated rings. The summed E-state index contributed by atoms with van der Waals surface area (Å²) < 4.78 is 38.4. The van der Waals surface area contributed by atoms with E-state index in [0.717, 1.165) is 6.42 Å². The number of sulfone groups is 1. The molecule has 1 saturated carbocycles. The lowest BCUT2D eigenvalue weighted by atomic mass is 10.00. The Balaban J connectivity index is 2.61. The van der Waals surface area contributed by atoms with Crippen LogP contribution in [-0.2, 0) is 9.84 Å². The van der Waals surface area contributed by atoms with Crippen LogP contribution < -0.4 is 5.73 Å². The van der Waals surface area contributed by atoms with Crippen molar-refractivity contribution in [3.63, 3.8) is 0 Å². The van der Waals surface area contributed by atoms with Gasteiger partial charge in [-0.2, -0.15) is 0 Å². The number of rotatable bonds is 3. The van der Waals surface area contributed by atoms with E-state index in [-0.39, 0.29) is 5.56 Å². The van der Waals surface area contributed by atoms with Crippen LogP contribution in [0.3, 0.4) is 0 Å². The van der Waals surface area contributed by atoms with Crippen molar-refractivity contribution in [2.45, 2.75) is 36.3 Å². The molecule has 1 aliphatic rings. The van der Waals surface area contributed by atoms with E-state index < -0.39 is 31.7 Å². The molecule has 0 saturated heterocycles. The maximum absolute atomic E-state index is 14.0. The number of hydrogen-bond acceptors (Lipinski definition) is 3. The van der Waals surface area contributed by atoms with Gasteiger partial charge >= 0.3 is 0 Å². The predicted molar refractivity (Wildman–Crippen MR) is 64.5 cm³/mol. The summed E-state index contributed by atoms with van der Waals surface area (Å²) in [5, 5.41) is -0.533. The molecule has 1 aromatic carbocycles. The molecule has 2 rings (SSSR count). The van der Waals surface area contributed by atoms with Gasteiger partial charge in [0.05, 0.1) is 10.8 Å². The lowest BCUT2D eigenvalue weighted by Gasteiger charge is -2.25. The molecular weight excluding hydrogens is 257 g/mol. The summed E-state index contributed by atoms with van der Waals surface area (Å²) in [7, 11) is -3.69. The fourth-order valence-corrected chi connectivity index (χ4v) is 4.01. The molecule has 98 valence electrons. The lowest BCUT2D eigenvalue weighted by molar-refractivity contribution is 0.0996. The van der Waals surface area contributed by atoms with E-state index in [1.54, 1.807) is 6.92 Å². The van der Waals surface area contributed by atoms with Crippen molar-refractivity contribution in [2.24, 2.45) is 5.73 Å². The smallest absolute Gasteiger partial charge is 0.251 e. The molecule has 0 atom stereocenters. The topological polar surface area (TPSA) is 77.2 Å². The van der Waals surface area contributed by atoms with E-state index in [0.29, 0.717) is 18.4 Å². The van der Waals surface area contributed by atoms with Crippen LogP contribution in [0.25, 0.3) is 0 Å². The molecule has 0 heterocycles. The van der Waals surface area contributed by atoms with Gasteiger partial charge in [-0.15, -0.1) is 0 Å². The largest absolute Gasteiger partial charge is 0.366 e. The second-order valence-corrected chi connectivity index (χ2v) is 6.78. The molecule has 0 aliphatic heterocycles. The van der Waals surface area contributed by atoms with Crippen LogP contribution in [0.4, 0.5) is 4.39 Å². The van der Waals surface area contributed by atoms with Crippen molar-refractivity contribution in [1.82, 2.24) is 0 Å². The monoisotopic (exact) mass is 271 g/mol. The van der Waals surface area contributed by atoms with Crippen molar-refractivity contribution < 1.29 is 17.6 Å². The molecule has 1 amide bonds. The van der Waals surface area contributed by atoms with Gasteiger partial charge in [-0.25, -0.2) is 12.8 Å². The number of aryl methyl sites for hydroxylation is 1. The number of hydrogen-bond donors (Lipinski definition) is 1. The summed E-state index contributed by atoms with van der Waals surface area (Å²) in [6.45, 7) is 1.60. The molecule has 4 nitrogen and oxygen atoms in total. The molecule has 6 heteroatoms. The number of carbonyl (C=O) groups is 1. The van der Waals surface area contributed by atoms with Crippen LogP contribution in [0.1, 0.15) is 35.2 Å². The van der Waals surface area contributed by atoms with Gasteiger partial charge in [-0.3, -0.25) is 4.79 Å². The summed E-state index contributed by atoms with van der Waals surface area (Å²) in [6.07, 6.45) is 1.92.